The summed E-state index contributed by atoms with van der Waals surface area (Å²) >= 11 is 5.83. The Labute approximate surface area is 129 Å². The summed E-state index contributed by atoms with van der Waals surface area (Å²) in [5.41, 5.74) is 1.23. The van der Waals surface area contributed by atoms with Gasteiger partial charge in [0.15, 0.2) is 5.78 Å². The Morgan fingerprint density at radius 3 is 2.81 bits per heavy atom. The molecule has 0 saturated carbocycles. The quantitative estimate of drug-likeness (QED) is 0.608. The largest absolute Gasteiger partial charge is 0.310 e. The first kappa shape index (κ1) is 15.4. The molecule has 4 nitrogen and oxygen atoms in total. The van der Waals surface area contributed by atoms with E-state index in [2.05, 4.69) is 16.9 Å². The van der Waals surface area contributed by atoms with E-state index < -0.39 is 0 Å². The van der Waals surface area contributed by atoms with E-state index in [1.165, 1.54) is 0 Å². The molecule has 0 amide bonds. The molecule has 0 bridgehead atoms. The van der Waals surface area contributed by atoms with Crippen molar-refractivity contribution >= 4 is 17.4 Å². The van der Waals surface area contributed by atoms with Crippen LogP contribution in [0.1, 0.15) is 30.1 Å². The molecule has 2 aromatic rings. The number of benzene rings is 1. The number of nitrogens with zero attached hydrogens (tertiary/aromatic N) is 3. The van der Waals surface area contributed by atoms with E-state index in [9.17, 15) is 4.79 Å². The van der Waals surface area contributed by atoms with Gasteiger partial charge in [-0.15, -0.1) is 0 Å². The van der Waals surface area contributed by atoms with Gasteiger partial charge in [0.2, 0.25) is 5.62 Å². The molecule has 110 valence electrons. The van der Waals surface area contributed by atoms with Gasteiger partial charge in [-0.1, -0.05) is 24.9 Å². The maximum absolute atomic E-state index is 12.3. The van der Waals surface area contributed by atoms with Crippen LogP contribution < -0.4 is 5.62 Å². The Balaban J connectivity index is 2.17. The van der Waals surface area contributed by atoms with Crippen LogP contribution in [0, 0.1) is 0 Å². The summed E-state index contributed by atoms with van der Waals surface area (Å²) in [6, 6.07) is 8.70. The molecule has 0 radical (unpaired) electrons. The fourth-order valence-corrected chi connectivity index (χ4v) is 1.99. The third-order valence-corrected chi connectivity index (χ3v) is 3.30. The van der Waals surface area contributed by atoms with Gasteiger partial charge in [-0.25, -0.2) is 4.98 Å². The van der Waals surface area contributed by atoms with Gasteiger partial charge in [0, 0.05) is 29.5 Å². The van der Waals surface area contributed by atoms with Gasteiger partial charge in [-0.05, 0) is 36.8 Å². The summed E-state index contributed by atoms with van der Waals surface area (Å²) in [6.07, 6.45) is 5.61. The number of carbonyl (C=O) groups excluding carboxylic acids is 1. The maximum atomic E-state index is 12.3. The monoisotopic (exact) mass is 303 g/mol. The lowest BCUT2D eigenvalue weighted by atomic mass is 10.1. The van der Waals surface area contributed by atoms with Crippen molar-refractivity contribution in [3.8, 4) is 0 Å². The van der Waals surface area contributed by atoms with Crippen molar-refractivity contribution in [2.24, 2.45) is 4.99 Å². The van der Waals surface area contributed by atoms with Gasteiger partial charge < -0.3 is 4.57 Å². The smallest absolute Gasteiger partial charge is 0.225 e. The normalized spacial score (nSPS) is 11.6. The van der Waals surface area contributed by atoms with E-state index >= 15 is 0 Å². The van der Waals surface area contributed by atoms with Gasteiger partial charge in [-0.2, -0.15) is 0 Å². The zero-order valence-electron chi connectivity index (χ0n) is 12.0. The summed E-state index contributed by atoms with van der Waals surface area (Å²) in [5.74, 6) is 0.0107. The fourth-order valence-electron chi connectivity index (χ4n) is 1.87. The molecular formula is C16H18ClN3O. The van der Waals surface area contributed by atoms with Crippen molar-refractivity contribution in [1.29, 1.82) is 0 Å². The highest BCUT2D eigenvalue weighted by Gasteiger charge is 2.07. The Kier molecular flexibility index (Phi) is 5.69. The number of hydrogen-bond acceptors (Lipinski definition) is 3. The highest BCUT2D eigenvalue weighted by molar-refractivity contribution is 6.30. The lowest BCUT2D eigenvalue weighted by Gasteiger charge is -2.06. The minimum atomic E-state index is 0.0107. The predicted molar refractivity (Wildman–Crippen MR) is 83.3 cm³/mol. The molecule has 0 atom stereocenters. The minimum absolute atomic E-state index is 0.0107. The van der Waals surface area contributed by atoms with E-state index in [0.717, 1.165) is 19.4 Å². The number of rotatable bonds is 6. The van der Waals surface area contributed by atoms with Crippen LogP contribution in [0.5, 0.6) is 0 Å². The highest BCUT2D eigenvalue weighted by Crippen LogP contribution is 2.10. The summed E-state index contributed by atoms with van der Waals surface area (Å²) < 4.78 is 1.77. The molecule has 21 heavy (non-hydrogen) atoms. The number of unbranched alkanes of at least 4 members (excludes halogenated alkanes) is 1. The maximum Gasteiger partial charge on any atom is 0.225 e. The van der Waals surface area contributed by atoms with E-state index in [4.69, 9.17) is 11.6 Å². The SMILES string of the molecule is CCCCN=c1ncccn1CC(=O)c1ccc(Cl)cc1. The summed E-state index contributed by atoms with van der Waals surface area (Å²) in [6.45, 7) is 3.06. The van der Waals surface area contributed by atoms with Crippen LogP contribution in [0.15, 0.2) is 47.7 Å². The number of hydrogen-bond donors (Lipinski definition) is 0. The second-order valence-corrected chi connectivity index (χ2v) is 5.15. The molecule has 1 heterocycles. The van der Waals surface area contributed by atoms with Crippen LogP contribution in [0.25, 0.3) is 0 Å². The fraction of sp³-hybridized carbons (Fsp3) is 0.312. The van der Waals surface area contributed by atoms with Crippen LogP contribution >= 0.6 is 11.6 Å². The van der Waals surface area contributed by atoms with Crippen molar-refractivity contribution in [2.75, 3.05) is 6.54 Å². The zero-order chi connectivity index (χ0) is 15.1. The Morgan fingerprint density at radius 2 is 2.10 bits per heavy atom. The summed E-state index contributed by atoms with van der Waals surface area (Å²) in [4.78, 5) is 20.9. The van der Waals surface area contributed by atoms with Gasteiger partial charge in [0.05, 0.1) is 6.54 Å². The molecule has 0 aliphatic rings. The van der Waals surface area contributed by atoms with Crippen molar-refractivity contribution in [3.05, 3.63) is 58.9 Å². The zero-order valence-corrected chi connectivity index (χ0v) is 12.8. The molecule has 0 aliphatic carbocycles. The standard InChI is InChI=1S/C16H18ClN3O/c1-2-3-9-18-16-19-10-4-11-20(16)12-15(21)13-5-7-14(17)8-6-13/h4-8,10-11H,2-3,9,12H2,1H3. The first-order chi connectivity index (χ1) is 10.2. The summed E-state index contributed by atoms with van der Waals surface area (Å²) in [7, 11) is 0. The molecular weight excluding hydrogens is 286 g/mol. The third kappa shape index (κ3) is 4.53. The highest BCUT2D eigenvalue weighted by atomic mass is 35.5. The lowest BCUT2D eigenvalue weighted by Crippen LogP contribution is -2.27. The molecule has 2 rings (SSSR count). The number of carbonyl (C=O) groups is 1. The average molecular weight is 304 g/mol. The van der Waals surface area contributed by atoms with Gasteiger partial charge >= 0.3 is 0 Å². The van der Waals surface area contributed by atoms with Gasteiger partial charge in [0.25, 0.3) is 0 Å². The number of Topliss-reactive ketones (excluding diaryl/α,β-unsaturated/α-hetero) is 1. The molecule has 0 saturated heterocycles. The first-order valence-electron chi connectivity index (χ1n) is 7.01. The summed E-state index contributed by atoms with van der Waals surface area (Å²) in [5, 5.41) is 0.621. The van der Waals surface area contributed by atoms with Crippen LogP contribution in [-0.2, 0) is 6.54 Å². The topological polar surface area (TPSA) is 47.2 Å². The molecule has 1 aromatic heterocycles. The molecule has 5 heteroatoms. The van der Waals surface area contributed by atoms with Crippen molar-refractivity contribution < 1.29 is 4.79 Å². The Morgan fingerprint density at radius 1 is 1.33 bits per heavy atom. The van der Waals surface area contributed by atoms with Gasteiger partial charge in [-0.3, -0.25) is 9.79 Å². The lowest BCUT2D eigenvalue weighted by molar-refractivity contribution is 0.0970. The van der Waals surface area contributed by atoms with E-state index in [1.807, 2.05) is 6.20 Å². The van der Waals surface area contributed by atoms with Crippen molar-refractivity contribution in [2.45, 2.75) is 26.3 Å². The van der Waals surface area contributed by atoms with E-state index in [-0.39, 0.29) is 12.3 Å². The third-order valence-electron chi connectivity index (χ3n) is 3.04. The second-order valence-electron chi connectivity index (χ2n) is 4.71. The average Bonchev–Trinajstić information content (AvgIpc) is 2.50. The van der Waals surface area contributed by atoms with E-state index in [0.29, 0.717) is 16.2 Å². The second kappa shape index (κ2) is 7.74. The predicted octanol–water partition coefficient (Wildman–Crippen LogP) is 3.12. The van der Waals surface area contributed by atoms with Crippen LogP contribution in [-0.4, -0.2) is 21.9 Å². The van der Waals surface area contributed by atoms with Crippen LogP contribution in [0.4, 0.5) is 0 Å². The Hall–Kier alpha value is -1.94. The van der Waals surface area contributed by atoms with Crippen molar-refractivity contribution in [3.63, 3.8) is 0 Å². The number of ketones is 1. The number of aromatic nitrogens is 2. The first-order valence-corrected chi connectivity index (χ1v) is 7.39. The molecule has 1 aromatic carbocycles. The van der Waals surface area contributed by atoms with Crippen LogP contribution in [0.3, 0.4) is 0 Å². The molecule has 0 spiro atoms. The molecule has 0 unspecified atom stereocenters. The molecule has 0 N–H and O–H groups in total. The minimum Gasteiger partial charge on any atom is -0.310 e. The van der Waals surface area contributed by atoms with Gasteiger partial charge in [0.1, 0.15) is 0 Å². The number of halogens is 1. The Bertz CT molecular complexity index is 662. The van der Waals surface area contributed by atoms with Crippen LogP contribution in [0.2, 0.25) is 5.02 Å². The van der Waals surface area contributed by atoms with E-state index in [1.54, 1.807) is 41.1 Å². The van der Waals surface area contributed by atoms with Crippen molar-refractivity contribution in [1.82, 2.24) is 9.55 Å². The molecule has 0 aliphatic heterocycles. The molecule has 0 fully saturated rings.